The molecule has 2 aliphatic heterocycles. The van der Waals surface area contributed by atoms with Crippen LogP contribution in [0, 0.1) is 20.8 Å². The van der Waals surface area contributed by atoms with Gasteiger partial charge in [0.25, 0.3) is 5.95 Å². The van der Waals surface area contributed by atoms with Crippen molar-refractivity contribution in [3.8, 4) is 5.95 Å². The van der Waals surface area contributed by atoms with Gasteiger partial charge < -0.3 is 29.6 Å². The van der Waals surface area contributed by atoms with Gasteiger partial charge in [-0.25, -0.2) is 9.79 Å². The van der Waals surface area contributed by atoms with Crippen LogP contribution in [0.15, 0.2) is 37.6 Å². The second-order valence-electron chi connectivity index (χ2n) is 10.9. The van der Waals surface area contributed by atoms with Crippen molar-refractivity contribution in [1.29, 1.82) is 0 Å². The lowest BCUT2D eigenvalue weighted by Gasteiger charge is -2.09. The first kappa shape index (κ1) is 27.1. The summed E-state index contributed by atoms with van der Waals surface area (Å²) in [5, 5.41) is 22.7. The normalized spacial score (nSPS) is 14.2. The third-order valence-electron chi connectivity index (χ3n) is 8.56. The zero-order valence-electron chi connectivity index (χ0n) is 24.2. The van der Waals surface area contributed by atoms with Gasteiger partial charge in [0, 0.05) is 39.8 Å². The van der Waals surface area contributed by atoms with E-state index in [1.165, 1.54) is 0 Å². The van der Waals surface area contributed by atoms with Crippen LogP contribution in [0.1, 0.15) is 77.2 Å². The molecule has 4 aromatic heterocycles. The van der Waals surface area contributed by atoms with Crippen molar-refractivity contribution in [2.45, 2.75) is 53.9 Å². The highest BCUT2D eigenvalue weighted by molar-refractivity contribution is 6.22. The van der Waals surface area contributed by atoms with E-state index in [2.05, 4.69) is 41.5 Å². The van der Waals surface area contributed by atoms with Crippen LogP contribution >= 0.6 is 0 Å². The number of nitrogens with zero attached hydrogens (tertiary/aromatic N) is 1. The number of fused-ring (bicyclic) bond motifs is 7. The van der Waals surface area contributed by atoms with E-state index in [1.54, 1.807) is 0 Å². The van der Waals surface area contributed by atoms with Gasteiger partial charge >= 0.3 is 11.6 Å². The molecule has 0 spiro atoms. The molecular weight excluding hydrogens is 532 g/mol. The fourth-order valence-electron chi connectivity index (χ4n) is 6.21. The van der Waals surface area contributed by atoms with E-state index in [9.17, 15) is 19.8 Å². The van der Waals surface area contributed by atoms with Crippen molar-refractivity contribution in [3.63, 3.8) is 0 Å². The number of aryl methyl sites for hydroxylation is 1. The first-order valence-electron chi connectivity index (χ1n) is 13.9. The fourth-order valence-corrected chi connectivity index (χ4v) is 6.21. The Hall–Kier alpha value is -5.05. The number of H-pyrrole nitrogens is 3. The van der Waals surface area contributed by atoms with Gasteiger partial charge in [-0.05, 0) is 92.2 Å². The lowest BCUT2D eigenvalue weighted by atomic mass is 9.95. The van der Waals surface area contributed by atoms with Gasteiger partial charge in [-0.15, -0.1) is 0 Å². The summed E-state index contributed by atoms with van der Waals surface area (Å²) in [6, 6.07) is 0. The summed E-state index contributed by atoms with van der Waals surface area (Å²) in [4.78, 5) is 40.0. The molecule has 0 fully saturated rings. The third-order valence-corrected chi connectivity index (χ3v) is 8.56. The van der Waals surface area contributed by atoms with Gasteiger partial charge in [0.2, 0.25) is 0 Å². The van der Waals surface area contributed by atoms with Crippen LogP contribution in [0.2, 0.25) is 0 Å². The second kappa shape index (κ2) is 9.80. The van der Waals surface area contributed by atoms with E-state index in [-0.39, 0.29) is 18.4 Å². The average molecular weight is 565 g/mol. The summed E-state index contributed by atoms with van der Waals surface area (Å²) >= 11 is 0. The van der Waals surface area contributed by atoms with Crippen LogP contribution in [-0.2, 0) is 11.2 Å². The SMILES string of the molecule is C=Cc1c2[nH]c(c1C)C=C1N=C(C(CCC(=O)O)=C1C)c1c(O)oc(=O)c3c(C)c([nH]c13)C=c1[nH]c(c(C)c1CC)=C2. The summed E-state index contributed by atoms with van der Waals surface area (Å²) in [6.07, 6.45) is 8.65. The van der Waals surface area contributed by atoms with Crippen molar-refractivity contribution in [2.24, 2.45) is 4.99 Å². The second-order valence-corrected chi connectivity index (χ2v) is 10.9. The van der Waals surface area contributed by atoms with Gasteiger partial charge in [-0.2, -0.15) is 0 Å². The number of carbonyl (C=O) groups is 1. The summed E-state index contributed by atoms with van der Waals surface area (Å²) < 4.78 is 5.35. The molecule has 0 aromatic carbocycles. The van der Waals surface area contributed by atoms with E-state index in [0.29, 0.717) is 39.1 Å². The Morgan fingerprint density at radius 3 is 2.40 bits per heavy atom. The van der Waals surface area contributed by atoms with Crippen LogP contribution in [-0.4, -0.2) is 36.8 Å². The molecule has 9 heteroatoms. The van der Waals surface area contributed by atoms with Gasteiger partial charge in [-0.3, -0.25) is 4.79 Å². The maximum atomic E-state index is 13.1. The maximum Gasteiger partial charge on any atom is 0.348 e. The molecule has 8 bridgehead atoms. The number of allylic oxidation sites excluding steroid dienone is 2. The number of aliphatic imine (C=N–C) groups is 1. The molecule has 5 N–H and O–H groups in total. The zero-order chi connectivity index (χ0) is 30.0. The molecule has 0 unspecified atom stereocenters. The Labute approximate surface area is 241 Å². The summed E-state index contributed by atoms with van der Waals surface area (Å²) in [7, 11) is 0. The molecule has 42 heavy (non-hydrogen) atoms. The molecule has 0 atom stereocenters. The molecule has 214 valence electrons. The first-order valence-corrected chi connectivity index (χ1v) is 13.9. The van der Waals surface area contributed by atoms with Gasteiger partial charge in [-0.1, -0.05) is 19.6 Å². The van der Waals surface area contributed by atoms with E-state index >= 15 is 0 Å². The van der Waals surface area contributed by atoms with Crippen molar-refractivity contribution < 1.29 is 19.4 Å². The number of carboxylic acids is 1. The number of hydrogen-bond donors (Lipinski definition) is 5. The maximum absolute atomic E-state index is 13.1. The van der Waals surface area contributed by atoms with E-state index in [0.717, 1.165) is 56.3 Å². The number of nitrogens with one attached hydrogen (secondary N) is 3. The van der Waals surface area contributed by atoms with Crippen molar-refractivity contribution in [1.82, 2.24) is 15.0 Å². The number of aliphatic carboxylic acids is 1. The van der Waals surface area contributed by atoms with Crippen molar-refractivity contribution in [3.05, 3.63) is 95.0 Å². The highest BCUT2D eigenvalue weighted by Crippen LogP contribution is 2.38. The number of hydrogen-bond acceptors (Lipinski definition) is 5. The molecule has 6 rings (SSSR count). The molecule has 0 aliphatic carbocycles. The predicted octanol–water partition coefficient (Wildman–Crippen LogP) is 4.61. The van der Waals surface area contributed by atoms with Crippen LogP contribution in [0.25, 0.3) is 35.2 Å². The molecular formula is C33H32N4O5. The van der Waals surface area contributed by atoms with E-state index < -0.39 is 17.5 Å². The highest BCUT2D eigenvalue weighted by atomic mass is 16.5. The van der Waals surface area contributed by atoms with E-state index in [1.807, 2.05) is 39.0 Å². The van der Waals surface area contributed by atoms with Crippen molar-refractivity contribution >= 4 is 46.9 Å². The minimum atomic E-state index is -0.949. The molecule has 0 saturated carbocycles. The van der Waals surface area contributed by atoms with Gasteiger partial charge in [0.05, 0.1) is 22.3 Å². The molecule has 0 saturated heterocycles. The minimum absolute atomic E-state index is 0.127. The first-order chi connectivity index (χ1) is 20.0. The van der Waals surface area contributed by atoms with Crippen LogP contribution in [0.4, 0.5) is 0 Å². The fraction of sp³-hybridized carbons (Fsp3) is 0.242. The molecule has 0 amide bonds. The highest BCUT2D eigenvalue weighted by Gasteiger charge is 2.30. The molecule has 2 aliphatic rings. The zero-order valence-corrected chi connectivity index (χ0v) is 24.2. The summed E-state index contributed by atoms with van der Waals surface area (Å²) in [6.45, 7) is 14.0. The smallest absolute Gasteiger partial charge is 0.348 e. The van der Waals surface area contributed by atoms with Crippen LogP contribution < -0.4 is 16.3 Å². The monoisotopic (exact) mass is 564 g/mol. The van der Waals surface area contributed by atoms with Gasteiger partial charge in [0.1, 0.15) is 5.56 Å². The average Bonchev–Trinajstić information content (AvgIpc) is 3.61. The minimum Gasteiger partial charge on any atom is -0.481 e. The molecule has 4 aromatic rings. The lowest BCUT2D eigenvalue weighted by Crippen LogP contribution is -2.12. The Morgan fingerprint density at radius 2 is 1.71 bits per heavy atom. The lowest BCUT2D eigenvalue weighted by molar-refractivity contribution is -0.136. The van der Waals surface area contributed by atoms with Crippen LogP contribution in [0.5, 0.6) is 5.95 Å². The molecule has 0 radical (unpaired) electrons. The Morgan fingerprint density at radius 1 is 1.00 bits per heavy atom. The Kier molecular flexibility index (Phi) is 6.33. The molecule has 6 heterocycles. The molecule has 9 nitrogen and oxygen atoms in total. The number of rotatable bonds is 5. The standard InChI is InChI=1S/C33H32N4O5/c1-7-18-14(3)21-11-23-16(5)20(9-10-27(38)39)30(36-23)29-31-28(32(40)42-33(29)41)17(6)24(37-31)13-26-19(8-2)15(4)22(35-26)12-25(18)34-21/h7,11-13,34-35,37,41H,1,8-10H2,2-6H3,(H,38,39). The quantitative estimate of drug-likeness (QED) is 0.240. The summed E-state index contributed by atoms with van der Waals surface area (Å²) in [5.74, 6) is -1.52. The number of aromatic hydroxyl groups is 1. The Bertz CT molecular complexity index is 2140. The third kappa shape index (κ3) is 4.03. The van der Waals surface area contributed by atoms with Crippen molar-refractivity contribution in [2.75, 3.05) is 0 Å². The Balaban J connectivity index is 1.79. The number of aromatic amines is 3. The van der Waals surface area contributed by atoms with Crippen LogP contribution in [0.3, 0.4) is 0 Å². The largest absolute Gasteiger partial charge is 0.481 e. The number of aromatic nitrogens is 3. The summed E-state index contributed by atoms with van der Waals surface area (Å²) in [5.41, 5.74) is 9.67. The van der Waals surface area contributed by atoms with E-state index in [4.69, 9.17) is 9.41 Å². The topological polar surface area (TPSA) is 147 Å². The number of carboxylic acid groups (broad SMARTS) is 1. The predicted molar refractivity (Wildman–Crippen MR) is 164 cm³/mol. The van der Waals surface area contributed by atoms with Gasteiger partial charge in [0.15, 0.2) is 0 Å².